The predicted octanol–water partition coefficient (Wildman–Crippen LogP) is -7.09. The molecule has 0 radical (unpaired) electrons. The van der Waals surface area contributed by atoms with Crippen LogP contribution < -0.4 is 59.1 Å². The summed E-state index contributed by atoms with van der Waals surface area (Å²) in [7, 11) is 0. The quantitative estimate of drug-likeness (QED) is 0.302. The molecule has 0 heterocycles. The molecule has 2 N–H and O–H groups in total. The van der Waals surface area contributed by atoms with Crippen molar-refractivity contribution in [3.63, 3.8) is 0 Å². The summed E-state index contributed by atoms with van der Waals surface area (Å²) in [5.41, 5.74) is 0. The minimum Gasteiger partial charge on any atom is -1.00 e. The van der Waals surface area contributed by atoms with E-state index in [1.54, 1.807) is 0 Å². The third kappa shape index (κ3) is 185. The van der Waals surface area contributed by atoms with Gasteiger partial charge in [-0.3, -0.25) is 13.3 Å². The van der Waals surface area contributed by atoms with Gasteiger partial charge >= 0.3 is 60.5 Å². The fourth-order valence-electron chi connectivity index (χ4n) is 0. The Balaban J connectivity index is -0.0000000112. The van der Waals surface area contributed by atoms with Gasteiger partial charge in [0.2, 0.25) is 0 Å². The second-order valence-corrected chi connectivity index (χ2v) is 1.30. The molecule has 0 bridgehead atoms. The van der Waals surface area contributed by atoms with E-state index in [0.29, 0.717) is 0 Å². The standard InChI is InChI=1S/2Na.2H2O3S.H/c;;2*1-4(2)3;/h;;2*(H2,1,2,3);/q2*+1;;;-1/p-1. The average Bonchev–Trinajstić information content (AvgIpc) is 1.25. The minimum atomic E-state index is -3.11. The molecule has 0 aliphatic rings. The first-order valence-corrected chi connectivity index (χ1v) is 3.10. The average molecular weight is 210 g/mol. The molecule has 0 spiro atoms. The molecule has 0 atom stereocenters. The van der Waals surface area contributed by atoms with Crippen molar-refractivity contribution in [3.05, 3.63) is 0 Å². The molecule has 0 amide bonds. The molecule has 0 fully saturated rings. The van der Waals surface area contributed by atoms with Crippen LogP contribution in [-0.2, 0) is 22.7 Å². The zero-order chi connectivity index (χ0) is 7.15. The van der Waals surface area contributed by atoms with E-state index in [-0.39, 0.29) is 62.0 Å². The van der Waals surface area contributed by atoms with E-state index in [0.717, 1.165) is 0 Å². The zero-order valence-corrected chi connectivity index (χ0v) is 11.0. The van der Waals surface area contributed by atoms with Gasteiger partial charge in [-0.15, -0.1) is 11.4 Å². The van der Waals surface area contributed by atoms with Gasteiger partial charge in [0, 0.05) is 0 Å². The van der Waals surface area contributed by atoms with Crippen LogP contribution in [0.3, 0.4) is 0 Å². The first kappa shape index (κ1) is 22.7. The Hall–Kier alpha value is 2.14. The van der Waals surface area contributed by atoms with Crippen molar-refractivity contribution in [1.82, 2.24) is 0 Å². The van der Waals surface area contributed by atoms with Crippen LogP contribution in [0.15, 0.2) is 0 Å². The third-order valence-corrected chi connectivity index (χ3v) is 0. The molecule has 0 aliphatic heterocycles. The van der Waals surface area contributed by atoms with E-state index in [2.05, 4.69) is 0 Å². The summed E-state index contributed by atoms with van der Waals surface area (Å²) >= 11 is -5.72. The van der Waals surface area contributed by atoms with E-state index in [1.807, 2.05) is 0 Å². The molecule has 0 unspecified atom stereocenters. The molecule has 0 saturated heterocycles. The minimum absolute atomic E-state index is 0. The van der Waals surface area contributed by atoms with Gasteiger partial charge in [0.05, 0.1) is 0 Å². The molecule has 0 aliphatic carbocycles. The van der Waals surface area contributed by atoms with Crippen molar-refractivity contribution >= 4 is 22.7 Å². The van der Waals surface area contributed by atoms with Crippen LogP contribution >= 0.6 is 0 Å². The van der Waals surface area contributed by atoms with Crippen molar-refractivity contribution in [2.45, 2.75) is 0 Å². The molecule has 0 aromatic carbocycles. The van der Waals surface area contributed by atoms with Crippen LogP contribution in [0, 0.1) is 0 Å². The summed E-state index contributed by atoms with van der Waals surface area (Å²) in [4.78, 5) is 0. The van der Waals surface area contributed by atoms with Gasteiger partial charge in [-0.1, -0.05) is 0 Å². The first-order valence-electron chi connectivity index (χ1n) is 1.03. The van der Waals surface area contributed by atoms with Gasteiger partial charge in [0.15, 0.2) is 0 Å². The van der Waals surface area contributed by atoms with Crippen LogP contribution in [0.5, 0.6) is 0 Å². The monoisotopic (exact) mass is 210 g/mol. The van der Waals surface area contributed by atoms with Crippen LogP contribution in [0.1, 0.15) is 2.85 Å². The summed E-state index contributed by atoms with van der Waals surface area (Å²) in [5, 5.41) is 0. The van der Waals surface area contributed by atoms with Crippen molar-refractivity contribution in [1.29, 1.82) is 0 Å². The number of hydrogen-bond donors (Lipinski definition) is 2. The second kappa shape index (κ2) is 17.3. The van der Waals surface area contributed by atoms with Crippen molar-refractivity contribution in [3.8, 4) is 0 Å². The van der Waals surface area contributed by atoms with E-state index in [9.17, 15) is 0 Å². The normalized spacial score (nSPS) is 7.00. The molecular formula is H4Na2O6S2. The van der Waals surface area contributed by atoms with Gasteiger partial charge in [-0.05, 0) is 0 Å². The Kier molecular flexibility index (Phi) is 39.3. The molecular weight excluding hydrogens is 206 g/mol. The van der Waals surface area contributed by atoms with Gasteiger partial charge in [0.1, 0.15) is 0 Å². The smallest absolute Gasteiger partial charge is 1.00 e. The van der Waals surface area contributed by atoms with Gasteiger partial charge in [-0.25, -0.2) is 0 Å². The van der Waals surface area contributed by atoms with E-state index < -0.39 is 22.7 Å². The fraction of sp³-hybridized carbons (Fsp3) is 0. The Labute approximate surface area is 110 Å². The van der Waals surface area contributed by atoms with Gasteiger partial charge < -0.3 is 10.5 Å². The maximum Gasteiger partial charge on any atom is 1.00 e. The second-order valence-electron chi connectivity index (χ2n) is 0.435. The summed E-state index contributed by atoms with van der Waals surface area (Å²) < 4.78 is 48.2. The molecule has 6 nitrogen and oxygen atoms in total. The summed E-state index contributed by atoms with van der Waals surface area (Å²) in [5.74, 6) is 0. The van der Waals surface area contributed by atoms with Gasteiger partial charge in [0.25, 0.3) is 11.4 Å². The van der Waals surface area contributed by atoms with Crippen LogP contribution in [0.4, 0.5) is 0 Å². The van der Waals surface area contributed by atoms with Gasteiger partial charge in [-0.2, -0.15) is 4.21 Å². The summed E-state index contributed by atoms with van der Waals surface area (Å²) in [6.07, 6.45) is 0. The van der Waals surface area contributed by atoms with E-state index in [4.69, 9.17) is 26.6 Å². The van der Waals surface area contributed by atoms with Crippen LogP contribution in [0.25, 0.3) is 0 Å². The van der Waals surface area contributed by atoms with E-state index in [1.165, 1.54) is 0 Å². The SMILES string of the molecule is O=S(O)O.O=S([O-])[O-].[H+].[H-].[Na+].[Na+]. The zero-order valence-electron chi connectivity index (χ0n) is 7.34. The molecule has 10 heteroatoms. The Morgan fingerprint density at radius 1 is 1.20 bits per heavy atom. The van der Waals surface area contributed by atoms with Crippen LogP contribution in [0.2, 0.25) is 0 Å². The van der Waals surface area contributed by atoms with E-state index >= 15 is 0 Å². The topological polar surface area (TPSA) is 121 Å². The maximum absolute atomic E-state index is 8.67. The molecule has 0 aromatic heterocycles. The number of hydrogen-bond acceptors (Lipinski definition) is 4. The number of rotatable bonds is 0. The Morgan fingerprint density at radius 3 is 1.20 bits per heavy atom. The predicted molar refractivity (Wildman–Crippen MR) is 25.3 cm³/mol. The third-order valence-electron chi connectivity index (χ3n) is 0. The van der Waals surface area contributed by atoms with Crippen LogP contribution in [-0.4, -0.2) is 26.6 Å². The molecule has 54 valence electrons. The molecule has 0 rings (SSSR count). The largest absolute Gasteiger partial charge is 1.00 e. The molecule has 10 heavy (non-hydrogen) atoms. The Morgan fingerprint density at radius 2 is 1.20 bits per heavy atom. The van der Waals surface area contributed by atoms with Crippen molar-refractivity contribution in [2.24, 2.45) is 0 Å². The molecule has 0 aromatic rings. The van der Waals surface area contributed by atoms with Crippen molar-refractivity contribution in [2.75, 3.05) is 0 Å². The first-order chi connectivity index (χ1) is 3.46. The maximum atomic E-state index is 8.67. The Bertz CT molecular complexity index is 79.5. The summed E-state index contributed by atoms with van der Waals surface area (Å²) in [6.45, 7) is 0. The summed E-state index contributed by atoms with van der Waals surface area (Å²) in [6, 6.07) is 0. The van der Waals surface area contributed by atoms with Crippen molar-refractivity contribution < 1.29 is 88.6 Å². The molecule has 0 saturated carbocycles. The fourth-order valence-corrected chi connectivity index (χ4v) is 0.